The Balaban J connectivity index is 2.10. The van der Waals surface area contributed by atoms with Crippen LogP contribution in [-0.2, 0) is 30.8 Å². The van der Waals surface area contributed by atoms with Crippen LogP contribution in [0.4, 0.5) is 4.79 Å². The van der Waals surface area contributed by atoms with E-state index in [1.165, 1.54) is 19.1 Å². The molecule has 3 rings (SSSR count). The van der Waals surface area contributed by atoms with Crippen LogP contribution in [0.25, 0.3) is 11.4 Å². The van der Waals surface area contributed by atoms with Gasteiger partial charge in [-0.2, -0.15) is 0 Å². The Morgan fingerprint density at radius 1 is 1.27 bits per heavy atom. The van der Waals surface area contributed by atoms with E-state index in [1.807, 2.05) is 24.3 Å². The summed E-state index contributed by atoms with van der Waals surface area (Å²) in [5.41, 5.74) is -0.884. The first-order valence-corrected chi connectivity index (χ1v) is 14.2. The maximum Gasteiger partial charge on any atom is 0.411 e. The predicted molar refractivity (Wildman–Crippen MR) is 141 cm³/mol. The lowest BCUT2D eigenvalue weighted by Gasteiger charge is -2.39. The minimum Gasteiger partial charge on any atom is -0.444 e. The second-order valence-corrected chi connectivity index (χ2v) is 12.7. The molecule has 1 aliphatic rings. The fourth-order valence-corrected chi connectivity index (χ4v) is 5.33. The number of nitrogens with one attached hydrogen (secondary N) is 1. The highest BCUT2D eigenvalue weighted by Crippen LogP contribution is 2.37. The number of carbonyl (C=O) groups is 2. The van der Waals surface area contributed by atoms with E-state index in [0.29, 0.717) is 5.82 Å². The highest BCUT2D eigenvalue weighted by molar-refractivity contribution is 9.10. The van der Waals surface area contributed by atoms with Crippen LogP contribution in [0.1, 0.15) is 32.8 Å². The van der Waals surface area contributed by atoms with Crippen molar-refractivity contribution in [3.05, 3.63) is 46.7 Å². The van der Waals surface area contributed by atoms with Gasteiger partial charge >= 0.3 is 6.09 Å². The molecule has 1 aromatic heterocycles. The van der Waals surface area contributed by atoms with Crippen molar-refractivity contribution in [3.63, 3.8) is 0 Å². The molecule has 1 saturated heterocycles. The van der Waals surface area contributed by atoms with Crippen molar-refractivity contribution < 1.29 is 27.6 Å². The molecule has 13 heteroatoms. The molecule has 202 valence electrons. The van der Waals surface area contributed by atoms with Gasteiger partial charge in [-0.1, -0.05) is 18.2 Å². The lowest BCUT2D eigenvalue weighted by atomic mass is 9.85. The third kappa shape index (κ3) is 7.24. The third-order valence-electron chi connectivity index (χ3n) is 5.76. The highest BCUT2D eigenvalue weighted by Gasteiger charge is 2.56. The number of sulfonamides is 1. The summed E-state index contributed by atoms with van der Waals surface area (Å²) in [6.07, 6.45) is 3.67. The minimum absolute atomic E-state index is 0.0187. The summed E-state index contributed by atoms with van der Waals surface area (Å²) in [6.45, 7) is 5.11. The number of aromatic nitrogens is 2. The molecule has 0 saturated carbocycles. The van der Waals surface area contributed by atoms with Crippen molar-refractivity contribution in [1.82, 2.24) is 24.7 Å². The molecule has 0 radical (unpaired) electrons. The first-order valence-electron chi connectivity index (χ1n) is 11.5. The van der Waals surface area contributed by atoms with Crippen LogP contribution in [0.2, 0.25) is 0 Å². The van der Waals surface area contributed by atoms with Gasteiger partial charge in [-0.3, -0.25) is 14.5 Å². The van der Waals surface area contributed by atoms with Crippen LogP contribution in [0.3, 0.4) is 0 Å². The van der Waals surface area contributed by atoms with E-state index in [0.717, 1.165) is 26.9 Å². The number of nitrogens with zero attached hydrogens (tertiary/aromatic N) is 4. The van der Waals surface area contributed by atoms with Gasteiger partial charge in [-0.05, 0) is 54.8 Å². The van der Waals surface area contributed by atoms with Gasteiger partial charge in [0.2, 0.25) is 10.0 Å². The number of rotatable bonds is 7. The Labute approximate surface area is 225 Å². The zero-order valence-electron chi connectivity index (χ0n) is 21.7. The van der Waals surface area contributed by atoms with Crippen molar-refractivity contribution in [3.8, 4) is 11.4 Å². The number of likely N-dealkylation sites (tertiary alicyclic amines) is 1. The van der Waals surface area contributed by atoms with Gasteiger partial charge in [0.25, 0.3) is 5.91 Å². The van der Waals surface area contributed by atoms with Gasteiger partial charge in [0.05, 0.1) is 17.8 Å². The van der Waals surface area contributed by atoms with E-state index in [9.17, 15) is 18.0 Å². The van der Waals surface area contributed by atoms with Crippen LogP contribution >= 0.6 is 15.9 Å². The molecule has 2 aromatic rings. The molecule has 1 aliphatic heterocycles. The summed E-state index contributed by atoms with van der Waals surface area (Å²) in [5, 5.41) is 1.04. The Bertz CT molecular complexity index is 1250. The standard InChI is InChI=1S/C24H32BrN5O6S/c1-23(2,3)36-22(32)30-15-19(28-37(6,33)34)12-24(30,21(31)29(4)35-5)11-16-8-7-9-17(10-16)20-26-13-18(25)14-27-20/h7-10,13-14,19,28H,11-12,15H2,1-6H3/t19-,24+/m1/s1. The largest absolute Gasteiger partial charge is 0.444 e. The van der Waals surface area contributed by atoms with Gasteiger partial charge in [0.1, 0.15) is 11.1 Å². The Kier molecular flexibility index (Phi) is 8.62. The zero-order valence-corrected chi connectivity index (χ0v) is 24.1. The van der Waals surface area contributed by atoms with E-state index in [2.05, 4.69) is 30.6 Å². The molecule has 1 aromatic carbocycles. The summed E-state index contributed by atoms with van der Waals surface area (Å²) in [4.78, 5) is 42.4. The number of likely N-dealkylation sites (N-methyl/N-ethyl adjacent to an activating group) is 1. The molecule has 2 amide bonds. The fourth-order valence-electron chi connectivity index (χ4n) is 4.37. The molecule has 1 N–H and O–H groups in total. The maximum atomic E-state index is 13.8. The van der Waals surface area contributed by atoms with Crippen LogP contribution in [0, 0.1) is 0 Å². The minimum atomic E-state index is -3.62. The van der Waals surface area contributed by atoms with Gasteiger partial charge in [0, 0.05) is 44.0 Å². The molecule has 0 aliphatic carbocycles. The molecular weight excluding hydrogens is 566 g/mol. The molecule has 2 heterocycles. The van der Waals surface area contributed by atoms with Gasteiger partial charge in [-0.25, -0.2) is 33.0 Å². The van der Waals surface area contributed by atoms with Crippen LogP contribution in [0.5, 0.6) is 0 Å². The normalized spacial score (nSPS) is 20.1. The topological polar surface area (TPSA) is 131 Å². The molecule has 0 unspecified atom stereocenters. The van der Waals surface area contributed by atoms with E-state index >= 15 is 0 Å². The summed E-state index contributed by atoms with van der Waals surface area (Å²) in [5.74, 6) is -0.0181. The molecular formula is C24H32BrN5O6S. The molecule has 37 heavy (non-hydrogen) atoms. The first kappa shape index (κ1) is 29.0. The average Bonchev–Trinajstić information content (AvgIpc) is 3.14. The van der Waals surface area contributed by atoms with Crippen LogP contribution in [-0.4, -0.2) is 84.5 Å². The summed E-state index contributed by atoms with van der Waals surface area (Å²) in [7, 11) is -0.829. The Hall–Kier alpha value is -2.61. The second-order valence-electron chi connectivity index (χ2n) is 10.0. The zero-order chi connectivity index (χ0) is 27.6. The number of halogens is 1. The number of carbonyl (C=O) groups excluding carboxylic acids is 2. The quantitative estimate of drug-likeness (QED) is 0.482. The monoisotopic (exact) mass is 597 g/mol. The predicted octanol–water partition coefficient (Wildman–Crippen LogP) is 2.77. The molecule has 11 nitrogen and oxygen atoms in total. The molecule has 0 bridgehead atoms. The lowest BCUT2D eigenvalue weighted by Crippen LogP contribution is -2.59. The molecule has 2 atom stereocenters. The van der Waals surface area contributed by atoms with Crippen molar-refractivity contribution >= 4 is 38.0 Å². The van der Waals surface area contributed by atoms with Crippen molar-refractivity contribution in [2.75, 3.05) is 27.0 Å². The van der Waals surface area contributed by atoms with Crippen LogP contribution < -0.4 is 4.72 Å². The first-order chi connectivity index (χ1) is 17.1. The number of benzene rings is 1. The number of hydroxylamine groups is 2. The summed E-state index contributed by atoms with van der Waals surface area (Å²) in [6, 6.07) is 6.61. The van der Waals surface area contributed by atoms with E-state index in [-0.39, 0.29) is 19.4 Å². The smallest absolute Gasteiger partial charge is 0.411 e. The van der Waals surface area contributed by atoms with Crippen molar-refractivity contribution in [2.24, 2.45) is 0 Å². The second kappa shape index (κ2) is 11.0. The number of hydrogen-bond donors (Lipinski definition) is 1. The van der Waals surface area contributed by atoms with E-state index < -0.39 is 39.2 Å². The third-order valence-corrected chi connectivity index (χ3v) is 6.93. The van der Waals surface area contributed by atoms with Gasteiger partial charge < -0.3 is 4.74 Å². The van der Waals surface area contributed by atoms with E-state index in [4.69, 9.17) is 9.57 Å². The summed E-state index contributed by atoms with van der Waals surface area (Å²) >= 11 is 3.32. The van der Waals surface area contributed by atoms with Crippen LogP contribution in [0.15, 0.2) is 41.1 Å². The Morgan fingerprint density at radius 2 is 1.92 bits per heavy atom. The highest BCUT2D eigenvalue weighted by atomic mass is 79.9. The van der Waals surface area contributed by atoms with Crippen molar-refractivity contribution in [1.29, 1.82) is 0 Å². The molecule has 0 spiro atoms. The average molecular weight is 599 g/mol. The molecule has 1 fully saturated rings. The number of amides is 2. The SMILES string of the molecule is CON(C)C(=O)[C@]1(Cc2cccc(-c3ncc(Br)cn3)c2)C[C@@H](NS(C)(=O)=O)CN1C(=O)OC(C)(C)C. The van der Waals surface area contributed by atoms with Gasteiger partial charge in [-0.15, -0.1) is 0 Å². The fraction of sp³-hybridized carbons (Fsp3) is 0.500. The van der Waals surface area contributed by atoms with Crippen molar-refractivity contribution in [2.45, 2.75) is 50.8 Å². The number of ether oxygens (including phenoxy) is 1. The number of hydrogen-bond acceptors (Lipinski definition) is 8. The summed E-state index contributed by atoms with van der Waals surface area (Å²) < 4.78 is 33.0. The van der Waals surface area contributed by atoms with Gasteiger partial charge in [0.15, 0.2) is 5.82 Å². The Morgan fingerprint density at radius 3 is 2.49 bits per heavy atom. The van der Waals surface area contributed by atoms with E-state index in [1.54, 1.807) is 33.2 Å². The maximum absolute atomic E-state index is 13.8. The lowest BCUT2D eigenvalue weighted by molar-refractivity contribution is -0.180.